The zero-order valence-electron chi connectivity index (χ0n) is 10.3. The Labute approximate surface area is 113 Å². The number of hydrogen-bond donors (Lipinski definition) is 0. The van der Waals surface area contributed by atoms with Crippen LogP contribution in [0.15, 0.2) is 11.1 Å². The first kappa shape index (κ1) is 15.4. The molecule has 11 heteroatoms. The third-order valence-electron chi connectivity index (χ3n) is 2.31. The number of amides is 1. The van der Waals surface area contributed by atoms with Crippen molar-refractivity contribution in [2.45, 2.75) is 17.9 Å². The van der Waals surface area contributed by atoms with Crippen LogP contribution < -0.4 is 0 Å². The minimum absolute atomic E-state index is 0.393. The van der Waals surface area contributed by atoms with Crippen LogP contribution in [0.2, 0.25) is 0 Å². The Morgan fingerprint density at radius 1 is 1.58 bits per heavy atom. The SMILES string of the molecule is CC(C(=O)N(C)C)n1cc(S(=O)(=O)Cl)c([N+](=O)[O-])n1. The summed E-state index contributed by atoms with van der Waals surface area (Å²) in [6.45, 7) is 1.43. The molecule has 0 N–H and O–H groups in total. The van der Waals surface area contributed by atoms with E-state index in [1.807, 2.05) is 0 Å². The number of hydrogen-bond acceptors (Lipinski definition) is 6. The lowest BCUT2D eigenvalue weighted by atomic mass is 10.3. The molecular weight excluding hydrogens is 300 g/mol. The topological polar surface area (TPSA) is 115 Å². The zero-order valence-corrected chi connectivity index (χ0v) is 11.8. The lowest BCUT2D eigenvalue weighted by Crippen LogP contribution is -2.30. The first-order chi connectivity index (χ1) is 8.55. The van der Waals surface area contributed by atoms with Gasteiger partial charge in [0.25, 0.3) is 9.05 Å². The van der Waals surface area contributed by atoms with E-state index in [9.17, 15) is 23.3 Å². The van der Waals surface area contributed by atoms with Gasteiger partial charge in [-0.3, -0.25) is 4.79 Å². The second-order valence-electron chi connectivity index (χ2n) is 3.90. The average Bonchev–Trinajstić information content (AvgIpc) is 2.71. The summed E-state index contributed by atoms with van der Waals surface area (Å²) in [5.74, 6) is -1.30. The van der Waals surface area contributed by atoms with Gasteiger partial charge in [-0.2, -0.15) is 4.68 Å². The molecule has 0 aromatic carbocycles. The molecule has 1 aromatic heterocycles. The number of aromatic nitrogens is 2. The molecular formula is C8H11ClN4O5S. The fourth-order valence-corrected chi connectivity index (χ4v) is 2.24. The van der Waals surface area contributed by atoms with Gasteiger partial charge in [0.2, 0.25) is 10.8 Å². The van der Waals surface area contributed by atoms with E-state index >= 15 is 0 Å². The van der Waals surface area contributed by atoms with Gasteiger partial charge in [0, 0.05) is 24.8 Å². The van der Waals surface area contributed by atoms with Crippen molar-refractivity contribution in [2.75, 3.05) is 14.1 Å². The summed E-state index contributed by atoms with van der Waals surface area (Å²) in [6.07, 6.45) is 0.868. The summed E-state index contributed by atoms with van der Waals surface area (Å²) in [7, 11) is 3.76. The van der Waals surface area contributed by atoms with Crippen molar-refractivity contribution in [3.8, 4) is 0 Å². The van der Waals surface area contributed by atoms with Crippen molar-refractivity contribution < 1.29 is 18.1 Å². The molecule has 0 saturated heterocycles. The van der Waals surface area contributed by atoms with Gasteiger partial charge in [-0.15, -0.1) is 0 Å². The highest BCUT2D eigenvalue weighted by Gasteiger charge is 2.33. The molecule has 1 rings (SSSR count). The first-order valence-corrected chi connectivity index (χ1v) is 7.26. The molecule has 0 saturated carbocycles. The van der Waals surface area contributed by atoms with E-state index in [0.717, 1.165) is 10.9 Å². The molecule has 0 bridgehead atoms. The predicted molar refractivity (Wildman–Crippen MR) is 65.3 cm³/mol. The summed E-state index contributed by atoms with van der Waals surface area (Å²) >= 11 is 0. The summed E-state index contributed by atoms with van der Waals surface area (Å²) in [4.78, 5) is 22.0. The molecule has 0 aliphatic carbocycles. The standard InChI is InChI=1S/C8H11ClN4O5S/c1-5(8(14)11(2)3)12-4-6(19(9,17)18)7(10-12)13(15)16/h4-5H,1-3H3. The van der Waals surface area contributed by atoms with Crippen molar-refractivity contribution in [1.29, 1.82) is 0 Å². The van der Waals surface area contributed by atoms with Crippen molar-refractivity contribution in [1.82, 2.24) is 14.7 Å². The predicted octanol–water partition coefficient (Wildman–Crippen LogP) is 0.368. The number of likely N-dealkylation sites (N-methyl/N-ethyl adjacent to an activating group) is 1. The number of carbonyl (C=O) groups is 1. The molecule has 0 fully saturated rings. The average molecular weight is 311 g/mol. The fourth-order valence-electron chi connectivity index (χ4n) is 1.35. The van der Waals surface area contributed by atoms with E-state index < -0.39 is 36.6 Å². The van der Waals surface area contributed by atoms with Gasteiger partial charge >= 0.3 is 5.82 Å². The van der Waals surface area contributed by atoms with Crippen LogP contribution in [0.1, 0.15) is 13.0 Å². The second-order valence-corrected chi connectivity index (χ2v) is 6.43. The molecule has 1 unspecified atom stereocenters. The van der Waals surface area contributed by atoms with Crippen LogP contribution in [0.4, 0.5) is 5.82 Å². The normalized spacial score (nSPS) is 13.1. The molecule has 0 radical (unpaired) electrons. The third-order valence-corrected chi connectivity index (χ3v) is 3.62. The molecule has 1 heterocycles. The quantitative estimate of drug-likeness (QED) is 0.450. The molecule has 1 atom stereocenters. The summed E-state index contributed by atoms with van der Waals surface area (Å²) in [6, 6.07) is -0.888. The largest absolute Gasteiger partial charge is 0.410 e. The van der Waals surface area contributed by atoms with Crippen LogP contribution >= 0.6 is 10.7 Å². The number of rotatable bonds is 4. The molecule has 0 aliphatic rings. The monoisotopic (exact) mass is 310 g/mol. The molecule has 1 amide bonds. The van der Waals surface area contributed by atoms with Crippen LogP contribution in [0, 0.1) is 10.1 Å². The lowest BCUT2D eigenvalue weighted by Gasteiger charge is -2.14. The van der Waals surface area contributed by atoms with Crippen LogP contribution in [-0.2, 0) is 13.8 Å². The Hall–Kier alpha value is -1.68. The van der Waals surface area contributed by atoms with Crippen LogP contribution in [-0.4, -0.2) is 48.0 Å². The Kier molecular flexibility index (Phi) is 4.15. The molecule has 106 valence electrons. The molecule has 0 spiro atoms. The first-order valence-electron chi connectivity index (χ1n) is 4.95. The van der Waals surface area contributed by atoms with Gasteiger partial charge in [-0.05, 0) is 11.8 Å². The van der Waals surface area contributed by atoms with Gasteiger partial charge < -0.3 is 15.0 Å². The van der Waals surface area contributed by atoms with E-state index in [-0.39, 0.29) is 0 Å². The van der Waals surface area contributed by atoms with E-state index in [0.29, 0.717) is 0 Å². The minimum atomic E-state index is -4.31. The van der Waals surface area contributed by atoms with Crippen molar-refractivity contribution in [3.05, 3.63) is 16.3 Å². The van der Waals surface area contributed by atoms with Crippen molar-refractivity contribution in [3.63, 3.8) is 0 Å². The van der Waals surface area contributed by atoms with Gasteiger partial charge in [-0.1, -0.05) is 0 Å². The Balaban J connectivity index is 3.34. The van der Waals surface area contributed by atoms with Crippen LogP contribution in [0.25, 0.3) is 0 Å². The molecule has 0 aliphatic heterocycles. The number of nitrogens with zero attached hydrogens (tertiary/aromatic N) is 4. The minimum Gasteiger partial charge on any atom is -0.358 e. The maximum Gasteiger partial charge on any atom is 0.410 e. The van der Waals surface area contributed by atoms with Crippen LogP contribution in [0.3, 0.4) is 0 Å². The van der Waals surface area contributed by atoms with Crippen molar-refractivity contribution >= 4 is 31.5 Å². The summed E-state index contributed by atoms with van der Waals surface area (Å²) < 4.78 is 23.3. The lowest BCUT2D eigenvalue weighted by molar-refractivity contribution is -0.392. The fraction of sp³-hybridized carbons (Fsp3) is 0.500. The van der Waals surface area contributed by atoms with Gasteiger partial charge in [0.15, 0.2) is 0 Å². The molecule has 19 heavy (non-hydrogen) atoms. The summed E-state index contributed by atoms with van der Waals surface area (Å²) in [5.41, 5.74) is 0. The molecule has 9 nitrogen and oxygen atoms in total. The highest BCUT2D eigenvalue weighted by atomic mass is 35.7. The Bertz CT molecular complexity index is 623. The highest BCUT2D eigenvalue weighted by Crippen LogP contribution is 2.26. The smallest absolute Gasteiger partial charge is 0.358 e. The second kappa shape index (κ2) is 5.13. The van der Waals surface area contributed by atoms with Gasteiger partial charge in [0.1, 0.15) is 6.04 Å². The number of nitro groups is 1. The number of halogens is 1. The van der Waals surface area contributed by atoms with Gasteiger partial charge in [-0.25, -0.2) is 8.42 Å². The Morgan fingerprint density at radius 2 is 2.11 bits per heavy atom. The summed E-state index contributed by atoms with van der Waals surface area (Å²) in [5, 5.41) is 14.2. The van der Waals surface area contributed by atoms with Crippen LogP contribution in [0.5, 0.6) is 0 Å². The van der Waals surface area contributed by atoms with E-state index in [2.05, 4.69) is 5.10 Å². The highest BCUT2D eigenvalue weighted by molar-refractivity contribution is 8.13. The Morgan fingerprint density at radius 3 is 2.42 bits per heavy atom. The molecule has 1 aromatic rings. The third kappa shape index (κ3) is 3.20. The zero-order chi connectivity index (χ0) is 15.0. The maximum atomic E-state index is 11.7. The van der Waals surface area contributed by atoms with E-state index in [4.69, 9.17) is 10.7 Å². The maximum absolute atomic E-state index is 11.7. The van der Waals surface area contributed by atoms with Gasteiger partial charge in [0.05, 0.1) is 11.3 Å². The van der Waals surface area contributed by atoms with E-state index in [1.54, 1.807) is 0 Å². The number of carbonyl (C=O) groups excluding carboxylic acids is 1. The van der Waals surface area contributed by atoms with E-state index in [1.165, 1.54) is 25.9 Å². The van der Waals surface area contributed by atoms with Crippen molar-refractivity contribution in [2.24, 2.45) is 0 Å².